The second-order valence-corrected chi connectivity index (χ2v) is 5.16. The summed E-state index contributed by atoms with van der Waals surface area (Å²) in [7, 11) is 0. The monoisotopic (exact) mass is 340 g/mol. The third-order valence-corrected chi connectivity index (χ3v) is 3.80. The first-order valence-corrected chi connectivity index (χ1v) is 6.45. The Hall–Kier alpha value is -1.17. The van der Waals surface area contributed by atoms with Crippen molar-refractivity contribution in [2.75, 3.05) is 0 Å². The van der Waals surface area contributed by atoms with Crippen molar-refractivity contribution in [2.24, 2.45) is 0 Å². The van der Waals surface area contributed by atoms with Gasteiger partial charge in [-0.25, -0.2) is 4.98 Å². The molecule has 0 unspecified atom stereocenters. The Balaban J connectivity index is 2.34. The van der Waals surface area contributed by atoms with Crippen LogP contribution in [-0.2, 0) is 6.42 Å². The minimum Gasteiger partial charge on any atom is -0.309 e. The lowest BCUT2D eigenvalue weighted by Gasteiger charge is -2.04. The van der Waals surface area contributed by atoms with Crippen LogP contribution in [0, 0.1) is 17.4 Å². The predicted octanol–water partition coefficient (Wildman–Crippen LogP) is 2.58. The van der Waals surface area contributed by atoms with Gasteiger partial charge in [0.15, 0.2) is 0 Å². The Bertz CT molecular complexity index is 605. The van der Waals surface area contributed by atoms with E-state index in [0.29, 0.717) is 9.99 Å². The van der Waals surface area contributed by atoms with Crippen molar-refractivity contribution >= 4 is 22.6 Å². The number of hydrogen-bond donors (Lipinski definition) is 1. The molecule has 0 aliphatic carbocycles. The topological polar surface area (TPSA) is 45.8 Å². The smallest absolute Gasteiger partial charge is 0.264 e. The molecule has 1 aromatic heterocycles. The second-order valence-electron chi connectivity index (χ2n) is 4.08. The summed E-state index contributed by atoms with van der Waals surface area (Å²) >= 11 is 2.02. The van der Waals surface area contributed by atoms with E-state index in [2.05, 4.69) is 29.0 Å². The highest BCUT2D eigenvalue weighted by molar-refractivity contribution is 14.1. The molecule has 2 rings (SSSR count). The lowest BCUT2D eigenvalue weighted by Crippen LogP contribution is -2.16. The molecule has 4 heteroatoms. The molecule has 0 aliphatic heterocycles. The minimum absolute atomic E-state index is 0.0549. The van der Waals surface area contributed by atoms with Crippen molar-refractivity contribution in [1.82, 2.24) is 9.97 Å². The fourth-order valence-corrected chi connectivity index (χ4v) is 1.98. The molecular weight excluding hydrogens is 327 g/mol. The highest BCUT2D eigenvalue weighted by atomic mass is 127. The molecule has 1 N–H and O–H groups in total. The highest BCUT2D eigenvalue weighted by Gasteiger charge is 2.05. The fraction of sp³-hybridized carbons (Fsp3) is 0.231. The quantitative estimate of drug-likeness (QED) is 0.855. The van der Waals surface area contributed by atoms with E-state index < -0.39 is 0 Å². The molecule has 17 heavy (non-hydrogen) atoms. The summed E-state index contributed by atoms with van der Waals surface area (Å²) in [6, 6.07) is 8.22. The number of aryl methyl sites for hydroxylation is 2. The molecule has 0 spiro atoms. The van der Waals surface area contributed by atoms with Gasteiger partial charge in [-0.2, -0.15) is 0 Å². The van der Waals surface area contributed by atoms with E-state index in [-0.39, 0.29) is 5.56 Å². The largest absolute Gasteiger partial charge is 0.309 e. The Morgan fingerprint density at radius 3 is 2.76 bits per heavy atom. The molecule has 0 saturated heterocycles. The number of rotatable bonds is 2. The average Bonchev–Trinajstić information content (AvgIpc) is 2.26. The van der Waals surface area contributed by atoms with Crippen LogP contribution in [0.15, 0.2) is 29.1 Å². The molecular formula is C13H13IN2O. The van der Waals surface area contributed by atoms with Gasteiger partial charge >= 0.3 is 0 Å². The zero-order chi connectivity index (χ0) is 12.4. The van der Waals surface area contributed by atoms with E-state index in [9.17, 15) is 4.79 Å². The van der Waals surface area contributed by atoms with Crippen LogP contribution in [0.5, 0.6) is 0 Å². The van der Waals surface area contributed by atoms with Gasteiger partial charge < -0.3 is 4.98 Å². The Labute approximate surface area is 113 Å². The Kier molecular flexibility index (Phi) is 3.61. The zero-order valence-electron chi connectivity index (χ0n) is 9.75. The first-order chi connectivity index (χ1) is 8.06. The molecule has 0 atom stereocenters. The molecule has 0 fully saturated rings. The van der Waals surface area contributed by atoms with Gasteiger partial charge in [0.2, 0.25) is 0 Å². The maximum absolute atomic E-state index is 11.6. The lowest BCUT2D eigenvalue weighted by molar-refractivity contribution is 0.909. The zero-order valence-corrected chi connectivity index (χ0v) is 11.9. The number of nitrogens with zero attached hydrogens (tertiary/aromatic N) is 1. The normalized spacial score (nSPS) is 10.5. The number of hydrogen-bond acceptors (Lipinski definition) is 2. The van der Waals surface area contributed by atoms with Crippen molar-refractivity contribution in [1.29, 1.82) is 0 Å². The van der Waals surface area contributed by atoms with Crippen LogP contribution in [0.1, 0.15) is 22.6 Å². The van der Waals surface area contributed by atoms with Gasteiger partial charge in [-0.1, -0.05) is 29.8 Å². The van der Waals surface area contributed by atoms with Gasteiger partial charge in [0, 0.05) is 6.42 Å². The Morgan fingerprint density at radius 2 is 2.12 bits per heavy atom. The summed E-state index contributed by atoms with van der Waals surface area (Å²) in [5, 5.41) is 0. The molecule has 88 valence electrons. The van der Waals surface area contributed by atoms with Gasteiger partial charge in [0.05, 0.1) is 9.26 Å². The van der Waals surface area contributed by atoms with Crippen molar-refractivity contribution in [3.63, 3.8) is 0 Å². The predicted molar refractivity (Wildman–Crippen MR) is 76.3 cm³/mol. The average molecular weight is 340 g/mol. The molecule has 0 saturated carbocycles. The number of benzene rings is 1. The van der Waals surface area contributed by atoms with E-state index in [4.69, 9.17) is 0 Å². The SMILES string of the molecule is Cc1cccc(Cc2nc(C)c(I)c(=O)[nH]2)c1. The van der Waals surface area contributed by atoms with Gasteiger partial charge in [-0.3, -0.25) is 4.79 Å². The van der Waals surface area contributed by atoms with Gasteiger partial charge in [-0.05, 0) is 42.0 Å². The summed E-state index contributed by atoms with van der Waals surface area (Å²) < 4.78 is 0.663. The van der Waals surface area contributed by atoms with Crippen LogP contribution in [0.25, 0.3) is 0 Å². The number of halogens is 1. The van der Waals surface area contributed by atoms with Crippen molar-refractivity contribution in [3.8, 4) is 0 Å². The first kappa shape index (κ1) is 12.3. The third-order valence-electron chi connectivity index (χ3n) is 2.53. The molecule has 1 heterocycles. The molecule has 1 aromatic carbocycles. The van der Waals surface area contributed by atoms with E-state index >= 15 is 0 Å². The number of aromatic nitrogens is 2. The Morgan fingerprint density at radius 1 is 1.35 bits per heavy atom. The van der Waals surface area contributed by atoms with E-state index in [1.54, 1.807) is 0 Å². The van der Waals surface area contributed by atoms with Gasteiger partial charge in [-0.15, -0.1) is 0 Å². The van der Waals surface area contributed by atoms with Crippen LogP contribution >= 0.6 is 22.6 Å². The summed E-state index contributed by atoms with van der Waals surface area (Å²) in [5.74, 6) is 0.721. The van der Waals surface area contributed by atoms with Crippen LogP contribution in [0.2, 0.25) is 0 Å². The summed E-state index contributed by atoms with van der Waals surface area (Å²) in [6.45, 7) is 3.91. The van der Waals surface area contributed by atoms with E-state index in [1.165, 1.54) is 5.56 Å². The lowest BCUT2D eigenvalue weighted by atomic mass is 10.1. The van der Waals surface area contributed by atoms with Crippen LogP contribution in [0.3, 0.4) is 0 Å². The second kappa shape index (κ2) is 5.00. The molecule has 3 nitrogen and oxygen atoms in total. The third kappa shape index (κ3) is 2.94. The summed E-state index contributed by atoms with van der Waals surface area (Å²) in [6.07, 6.45) is 0.661. The van der Waals surface area contributed by atoms with Crippen LogP contribution < -0.4 is 5.56 Å². The standard InChI is InChI=1S/C13H13IN2O/c1-8-4-3-5-10(6-8)7-11-15-9(2)12(14)13(17)16-11/h3-6H,7H2,1-2H3,(H,15,16,17). The molecule has 2 aromatic rings. The van der Waals surface area contributed by atoms with Crippen LogP contribution in [-0.4, -0.2) is 9.97 Å². The molecule has 0 aliphatic rings. The van der Waals surface area contributed by atoms with Gasteiger partial charge in [0.25, 0.3) is 5.56 Å². The highest BCUT2D eigenvalue weighted by Crippen LogP contribution is 2.09. The van der Waals surface area contributed by atoms with Gasteiger partial charge in [0.1, 0.15) is 5.82 Å². The molecule has 0 amide bonds. The van der Waals surface area contributed by atoms with Crippen LogP contribution in [0.4, 0.5) is 0 Å². The number of H-pyrrole nitrogens is 1. The van der Waals surface area contributed by atoms with Crippen molar-refractivity contribution < 1.29 is 0 Å². The summed E-state index contributed by atoms with van der Waals surface area (Å²) in [5.41, 5.74) is 3.11. The van der Waals surface area contributed by atoms with E-state index in [1.807, 2.05) is 41.6 Å². The maximum Gasteiger partial charge on any atom is 0.264 e. The molecule has 0 radical (unpaired) electrons. The van der Waals surface area contributed by atoms with E-state index in [0.717, 1.165) is 17.1 Å². The minimum atomic E-state index is -0.0549. The van der Waals surface area contributed by atoms with Crippen molar-refractivity contribution in [3.05, 3.63) is 60.8 Å². The number of nitrogens with one attached hydrogen (secondary N) is 1. The maximum atomic E-state index is 11.6. The summed E-state index contributed by atoms with van der Waals surface area (Å²) in [4.78, 5) is 18.8. The number of aromatic amines is 1. The fourth-order valence-electron chi connectivity index (χ4n) is 1.73. The van der Waals surface area contributed by atoms with Crippen molar-refractivity contribution in [2.45, 2.75) is 20.3 Å². The first-order valence-electron chi connectivity index (χ1n) is 5.37. The molecule has 0 bridgehead atoms.